The van der Waals surface area contributed by atoms with Gasteiger partial charge in [0.1, 0.15) is 6.04 Å². The zero-order chi connectivity index (χ0) is 12.5. The van der Waals surface area contributed by atoms with Gasteiger partial charge in [-0.2, -0.15) is 0 Å². The lowest BCUT2D eigenvalue weighted by Crippen LogP contribution is -2.49. The first kappa shape index (κ1) is 12.2. The number of amides is 4. The highest BCUT2D eigenvalue weighted by atomic mass is 16.4. The predicted molar refractivity (Wildman–Crippen MR) is 51.3 cm³/mol. The van der Waals surface area contributed by atoms with Gasteiger partial charge in [0.05, 0.1) is 0 Å². The molecule has 0 spiro atoms. The number of hydrogen-bond acceptors (Lipinski definition) is 4. The van der Waals surface area contributed by atoms with Gasteiger partial charge in [0.2, 0.25) is 11.8 Å². The first-order chi connectivity index (χ1) is 7.36. The molecule has 0 aromatic heterocycles. The Morgan fingerprint density at radius 1 is 1.31 bits per heavy atom. The van der Waals surface area contributed by atoms with Gasteiger partial charge in [0, 0.05) is 19.9 Å². The number of likely N-dealkylation sites (N-methyl/N-ethyl adjacent to an activating group) is 1. The minimum atomic E-state index is -1.29. The summed E-state index contributed by atoms with van der Waals surface area (Å²) < 4.78 is 0. The number of nitrogens with zero attached hydrogens (tertiary/aromatic N) is 2. The Hall–Kier alpha value is -1.92. The second kappa shape index (κ2) is 4.30. The molecule has 0 saturated carbocycles. The smallest absolute Gasteiger partial charge is 0.407 e. The average molecular weight is 228 g/mol. The van der Waals surface area contributed by atoms with E-state index in [4.69, 9.17) is 5.11 Å². The van der Waals surface area contributed by atoms with E-state index in [0.717, 1.165) is 4.90 Å². The molecule has 0 bridgehead atoms. The summed E-state index contributed by atoms with van der Waals surface area (Å²) in [5.41, 5.74) is 0. The first-order valence-corrected chi connectivity index (χ1v) is 4.71. The largest absolute Gasteiger partial charge is 0.465 e. The van der Waals surface area contributed by atoms with Crippen LogP contribution in [0, 0.1) is 0 Å². The minimum absolute atomic E-state index is 0.00801. The van der Waals surface area contributed by atoms with Gasteiger partial charge in [0.15, 0.2) is 0 Å². The topological polar surface area (TPSA) is 95.0 Å². The van der Waals surface area contributed by atoms with E-state index in [1.165, 1.54) is 14.0 Å². The standard InChI is InChI=1S/C9H12N2O5/c1-5(10(2)9(15)16)8(14)11-6(12)3-4-7(11)13/h5H,3-4H2,1-2H3,(H,15,16)/t5-/m0/s1. The average Bonchev–Trinajstić information content (AvgIpc) is 2.55. The molecule has 0 aromatic carbocycles. The van der Waals surface area contributed by atoms with Gasteiger partial charge >= 0.3 is 6.09 Å². The Labute approximate surface area is 91.6 Å². The van der Waals surface area contributed by atoms with E-state index in [9.17, 15) is 19.2 Å². The van der Waals surface area contributed by atoms with Crippen molar-refractivity contribution >= 4 is 23.8 Å². The van der Waals surface area contributed by atoms with Crippen molar-refractivity contribution < 1.29 is 24.3 Å². The summed E-state index contributed by atoms with van der Waals surface area (Å²) in [5, 5.41) is 8.66. The molecular formula is C9H12N2O5. The Bertz CT molecular complexity index is 349. The second-order valence-corrected chi connectivity index (χ2v) is 3.53. The molecular weight excluding hydrogens is 216 g/mol. The van der Waals surface area contributed by atoms with Crippen molar-refractivity contribution in [2.24, 2.45) is 0 Å². The highest BCUT2D eigenvalue weighted by Crippen LogP contribution is 2.14. The maximum Gasteiger partial charge on any atom is 0.407 e. The van der Waals surface area contributed by atoms with Crippen LogP contribution in [0.5, 0.6) is 0 Å². The molecule has 88 valence electrons. The monoisotopic (exact) mass is 228 g/mol. The SMILES string of the molecule is C[C@@H](C(=O)N1C(=O)CCC1=O)N(C)C(=O)O. The Morgan fingerprint density at radius 2 is 1.75 bits per heavy atom. The summed E-state index contributed by atoms with van der Waals surface area (Å²) in [7, 11) is 1.20. The van der Waals surface area contributed by atoms with Crippen LogP contribution in [-0.4, -0.2) is 51.8 Å². The van der Waals surface area contributed by atoms with Crippen molar-refractivity contribution in [2.75, 3.05) is 7.05 Å². The van der Waals surface area contributed by atoms with E-state index < -0.39 is 29.9 Å². The van der Waals surface area contributed by atoms with Crippen molar-refractivity contribution in [1.82, 2.24) is 9.80 Å². The van der Waals surface area contributed by atoms with Gasteiger partial charge in [-0.05, 0) is 6.92 Å². The van der Waals surface area contributed by atoms with Crippen LogP contribution in [0.3, 0.4) is 0 Å². The molecule has 1 heterocycles. The van der Waals surface area contributed by atoms with Crippen LogP contribution in [0.1, 0.15) is 19.8 Å². The number of rotatable bonds is 2. The van der Waals surface area contributed by atoms with Gasteiger partial charge in [-0.3, -0.25) is 19.3 Å². The third-order valence-electron chi connectivity index (χ3n) is 2.51. The summed E-state index contributed by atoms with van der Waals surface area (Å²) >= 11 is 0. The summed E-state index contributed by atoms with van der Waals surface area (Å²) in [6, 6.07) is -1.05. The fourth-order valence-electron chi connectivity index (χ4n) is 1.34. The fraction of sp³-hybridized carbons (Fsp3) is 0.556. The molecule has 0 radical (unpaired) electrons. The van der Waals surface area contributed by atoms with Gasteiger partial charge in [-0.15, -0.1) is 0 Å². The highest BCUT2D eigenvalue weighted by Gasteiger charge is 2.38. The zero-order valence-corrected chi connectivity index (χ0v) is 8.97. The number of likely N-dealkylation sites (tertiary alicyclic amines) is 1. The number of hydrogen-bond donors (Lipinski definition) is 1. The lowest BCUT2D eigenvalue weighted by molar-refractivity contribution is -0.151. The van der Waals surface area contributed by atoms with Crippen LogP contribution in [-0.2, 0) is 14.4 Å². The first-order valence-electron chi connectivity index (χ1n) is 4.71. The summed E-state index contributed by atoms with van der Waals surface area (Å²) in [6.45, 7) is 1.33. The fourth-order valence-corrected chi connectivity index (χ4v) is 1.34. The number of imide groups is 3. The zero-order valence-electron chi connectivity index (χ0n) is 8.97. The molecule has 1 N–H and O–H groups in total. The number of carbonyl (C=O) groups excluding carboxylic acids is 3. The van der Waals surface area contributed by atoms with Crippen LogP contribution in [0.4, 0.5) is 4.79 Å². The molecule has 1 atom stereocenters. The molecule has 1 fully saturated rings. The van der Waals surface area contributed by atoms with E-state index in [0.29, 0.717) is 4.90 Å². The van der Waals surface area contributed by atoms with Gasteiger partial charge in [-0.1, -0.05) is 0 Å². The molecule has 7 heteroatoms. The van der Waals surface area contributed by atoms with Crippen LogP contribution in [0.2, 0.25) is 0 Å². The lowest BCUT2D eigenvalue weighted by atomic mass is 10.2. The van der Waals surface area contributed by atoms with Crippen LogP contribution in [0.25, 0.3) is 0 Å². The third kappa shape index (κ3) is 2.02. The molecule has 1 saturated heterocycles. The molecule has 0 aliphatic carbocycles. The molecule has 0 aromatic rings. The van der Waals surface area contributed by atoms with E-state index in [1.54, 1.807) is 0 Å². The quantitative estimate of drug-likeness (QED) is 0.652. The Kier molecular flexibility index (Phi) is 3.26. The summed E-state index contributed by atoms with van der Waals surface area (Å²) in [5.74, 6) is -1.93. The number of carbonyl (C=O) groups is 4. The van der Waals surface area contributed by atoms with E-state index in [2.05, 4.69) is 0 Å². The predicted octanol–water partition coefficient (Wildman–Crippen LogP) is -0.340. The second-order valence-electron chi connectivity index (χ2n) is 3.53. The maximum absolute atomic E-state index is 11.7. The van der Waals surface area contributed by atoms with E-state index >= 15 is 0 Å². The Balaban J connectivity index is 2.81. The van der Waals surface area contributed by atoms with E-state index in [-0.39, 0.29) is 12.8 Å². The molecule has 4 amide bonds. The van der Waals surface area contributed by atoms with Crippen LogP contribution >= 0.6 is 0 Å². The van der Waals surface area contributed by atoms with E-state index in [1.807, 2.05) is 0 Å². The van der Waals surface area contributed by atoms with Crippen molar-refractivity contribution in [3.63, 3.8) is 0 Å². The maximum atomic E-state index is 11.7. The molecule has 7 nitrogen and oxygen atoms in total. The van der Waals surface area contributed by atoms with Gasteiger partial charge in [0.25, 0.3) is 5.91 Å². The molecule has 1 aliphatic heterocycles. The highest BCUT2D eigenvalue weighted by molar-refractivity contribution is 6.16. The lowest BCUT2D eigenvalue weighted by Gasteiger charge is -2.23. The third-order valence-corrected chi connectivity index (χ3v) is 2.51. The van der Waals surface area contributed by atoms with Crippen LogP contribution < -0.4 is 0 Å². The molecule has 0 unspecified atom stereocenters. The minimum Gasteiger partial charge on any atom is -0.465 e. The van der Waals surface area contributed by atoms with Crippen LogP contribution in [0.15, 0.2) is 0 Å². The van der Waals surface area contributed by atoms with Gasteiger partial charge in [-0.25, -0.2) is 9.69 Å². The molecule has 16 heavy (non-hydrogen) atoms. The normalized spacial score (nSPS) is 17.5. The summed E-state index contributed by atoms with van der Waals surface area (Å²) in [6.07, 6.45) is -1.28. The van der Waals surface area contributed by atoms with Gasteiger partial charge < -0.3 is 5.11 Å². The summed E-state index contributed by atoms with van der Waals surface area (Å²) in [4.78, 5) is 46.1. The number of carboxylic acid groups (broad SMARTS) is 1. The molecule has 1 aliphatic rings. The van der Waals surface area contributed by atoms with Crippen molar-refractivity contribution in [2.45, 2.75) is 25.8 Å². The van der Waals surface area contributed by atoms with Crippen molar-refractivity contribution in [3.05, 3.63) is 0 Å². The Morgan fingerprint density at radius 3 is 2.12 bits per heavy atom. The van der Waals surface area contributed by atoms with Crippen molar-refractivity contribution in [3.8, 4) is 0 Å². The van der Waals surface area contributed by atoms with Crippen molar-refractivity contribution in [1.29, 1.82) is 0 Å². The molecule has 1 rings (SSSR count).